The van der Waals surface area contributed by atoms with E-state index >= 15 is 0 Å². The molecular weight excluding hydrogens is 394 g/mol. The van der Waals surface area contributed by atoms with Crippen LogP contribution in [0.3, 0.4) is 0 Å². The van der Waals surface area contributed by atoms with Crippen LogP contribution in [0.25, 0.3) is 0 Å². The van der Waals surface area contributed by atoms with E-state index in [4.69, 9.17) is 4.52 Å². The molecule has 4 rings (SSSR count). The Bertz CT molecular complexity index is 952. The van der Waals surface area contributed by atoms with Crippen LogP contribution >= 0.6 is 0 Å². The van der Waals surface area contributed by atoms with Gasteiger partial charge in [-0.2, -0.15) is 4.98 Å². The van der Waals surface area contributed by atoms with Gasteiger partial charge in [-0.3, -0.25) is 4.79 Å². The Morgan fingerprint density at radius 1 is 1.23 bits per heavy atom. The first-order valence-electron chi connectivity index (χ1n) is 11.1. The number of nitrogens with zero attached hydrogens (tertiary/aromatic N) is 4. The van der Waals surface area contributed by atoms with Gasteiger partial charge < -0.3 is 19.6 Å². The summed E-state index contributed by atoms with van der Waals surface area (Å²) < 4.78 is 5.38. The predicted molar refractivity (Wildman–Crippen MR) is 117 cm³/mol. The molecule has 1 aliphatic carbocycles. The molecule has 1 atom stereocenters. The van der Waals surface area contributed by atoms with Crippen LogP contribution < -0.4 is 5.32 Å². The molecule has 8 nitrogen and oxygen atoms in total. The van der Waals surface area contributed by atoms with Gasteiger partial charge in [-0.1, -0.05) is 17.6 Å². The maximum atomic E-state index is 12.7. The van der Waals surface area contributed by atoms with E-state index in [0.29, 0.717) is 37.8 Å². The number of carbonyl (C=O) groups excluding carboxylic acids is 2. The van der Waals surface area contributed by atoms with Crippen LogP contribution in [-0.2, 0) is 11.2 Å². The minimum Gasteiger partial charge on any atom is -0.339 e. The number of urea groups is 1. The molecule has 1 aromatic carbocycles. The van der Waals surface area contributed by atoms with Gasteiger partial charge in [0.2, 0.25) is 11.8 Å². The van der Waals surface area contributed by atoms with Crippen molar-refractivity contribution in [2.24, 2.45) is 0 Å². The molecule has 2 fully saturated rings. The summed E-state index contributed by atoms with van der Waals surface area (Å²) in [6.07, 6.45) is 4.77. The molecule has 0 spiro atoms. The second-order valence-corrected chi connectivity index (χ2v) is 8.76. The molecule has 1 unspecified atom stereocenters. The average Bonchev–Trinajstić information content (AvgIpc) is 3.34. The number of hydrogen-bond donors (Lipinski definition) is 1. The van der Waals surface area contributed by atoms with Crippen molar-refractivity contribution in [3.63, 3.8) is 0 Å². The third-order valence-electron chi connectivity index (χ3n) is 6.57. The van der Waals surface area contributed by atoms with Gasteiger partial charge in [-0.15, -0.1) is 0 Å². The molecule has 3 amide bonds. The van der Waals surface area contributed by atoms with Gasteiger partial charge in [0, 0.05) is 44.6 Å². The summed E-state index contributed by atoms with van der Waals surface area (Å²) in [5.41, 5.74) is 3.12. The molecule has 1 N–H and O–H groups in total. The van der Waals surface area contributed by atoms with E-state index in [9.17, 15) is 9.59 Å². The van der Waals surface area contributed by atoms with Crippen LogP contribution in [0.5, 0.6) is 0 Å². The molecule has 31 heavy (non-hydrogen) atoms. The van der Waals surface area contributed by atoms with E-state index in [0.717, 1.165) is 36.4 Å². The summed E-state index contributed by atoms with van der Waals surface area (Å²) in [5, 5.41) is 7.06. The number of aromatic nitrogens is 2. The quantitative estimate of drug-likeness (QED) is 0.763. The highest BCUT2D eigenvalue weighted by molar-refractivity contribution is 5.89. The Kier molecular flexibility index (Phi) is 6.25. The fourth-order valence-electron chi connectivity index (χ4n) is 4.21. The van der Waals surface area contributed by atoms with Gasteiger partial charge in [0.1, 0.15) is 0 Å². The number of benzene rings is 1. The van der Waals surface area contributed by atoms with Gasteiger partial charge in [-0.05, 0) is 56.4 Å². The molecule has 2 aliphatic rings. The van der Waals surface area contributed by atoms with Crippen molar-refractivity contribution >= 4 is 17.6 Å². The lowest BCUT2D eigenvalue weighted by molar-refractivity contribution is -0.130. The summed E-state index contributed by atoms with van der Waals surface area (Å²) in [6.45, 7) is 7.32. The van der Waals surface area contributed by atoms with Crippen LogP contribution in [0.1, 0.15) is 61.4 Å². The molecular formula is C23H31N5O3. The lowest BCUT2D eigenvalue weighted by Crippen LogP contribution is -2.43. The third-order valence-corrected chi connectivity index (χ3v) is 6.57. The van der Waals surface area contributed by atoms with Crippen molar-refractivity contribution in [3.05, 3.63) is 41.0 Å². The third kappa shape index (κ3) is 4.89. The Hall–Kier alpha value is -2.90. The largest absolute Gasteiger partial charge is 0.339 e. The van der Waals surface area contributed by atoms with E-state index in [-0.39, 0.29) is 18.0 Å². The highest BCUT2D eigenvalue weighted by Crippen LogP contribution is 2.35. The summed E-state index contributed by atoms with van der Waals surface area (Å²) in [6, 6.07) is 5.77. The van der Waals surface area contributed by atoms with Gasteiger partial charge in [-0.25, -0.2) is 4.79 Å². The van der Waals surface area contributed by atoms with Gasteiger partial charge in [0.05, 0.1) is 6.04 Å². The first-order valence-corrected chi connectivity index (χ1v) is 11.1. The average molecular weight is 426 g/mol. The fraction of sp³-hybridized carbons (Fsp3) is 0.565. The second-order valence-electron chi connectivity index (χ2n) is 8.76. The molecule has 1 saturated heterocycles. The maximum Gasteiger partial charge on any atom is 0.321 e. The van der Waals surface area contributed by atoms with Gasteiger partial charge in [0.15, 0.2) is 5.82 Å². The lowest BCUT2D eigenvalue weighted by atomic mass is 9.85. The Balaban J connectivity index is 1.31. The first-order chi connectivity index (χ1) is 14.9. The molecule has 166 valence electrons. The lowest BCUT2D eigenvalue weighted by Gasteiger charge is -2.27. The zero-order valence-electron chi connectivity index (χ0n) is 18.6. The molecule has 8 heteroatoms. The number of nitrogens with one attached hydrogen (secondary N) is 1. The fourth-order valence-corrected chi connectivity index (χ4v) is 4.21. The minimum atomic E-state index is -0.127. The number of hydrogen-bond acceptors (Lipinski definition) is 5. The van der Waals surface area contributed by atoms with Crippen molar-refractivity contribution in [2.45, 2.75) is 64.8 Å². The zero-order valence-corrected chi connectivity index (χ0v) is 18.6. The summed E-state index contributed by atoms with van der Waals surface area (Å²) in [7, 11) is 0. The normalized spacial score (nSPS) is 18.7. The summed E-state index contributed by atoms with van der Waals surface area (Å²) in [4.78, 5) is 33.1. The molecule has 0 radical (unpaired) electrons. The summed E-state index contributed by atoms with van der Waals surface area (Å²) >= 11 is 0. The smallest absolute Gasteiger partial charge is 0.321 e. The van der Waals surface area contributed by atoms with E-state index in [1.165, 1.54) is 12.0 Å². The van der Waals surface area contributed by atoms with E-state index in [2.05, 4.69) is 15.5 Å². The van der Waals surface area contributed by atoms with E-state index in [1.807, 2.05) is 36.9 Å². The number of carbonyl (C=O) groups is 2. The van der Waals surface area contributed by atoms with E-state index < -0.39 is 0 Å². The molecule has 1 saturated carbocycles. The summed E-state index contributed by atoms with van der Waals surface area (Å²) in [5.74, 6) is 1.79. The van der Waals surface area contributed by atoms with Crippen LogP contribution in [0.15, 0.2) is 22.7 Å². The molecule has 1 aliphatic heterocycles. The van der Waals surface area contributed by atoms with Crippen LogP contribution in [0, 0.1) is 13.8 Å². The minimum absolute atomic E-state index is 0.000933. The molecule has 1 aromatic heterocycles. The topological polar surface area (TPSA) is 91.6 Å². The highest BCUT2D eigenvalue weighted by Gasteiger charge is 2.32. The van der Waals surface area contributed by atoms with Gasteiger partial charge >= 0.3 is 6.03 Å². The number of anilines is 1. The molecule has 0 bridgehead atoms. The number of rotatable bonds is 6. The van der Waals surface area contributed by atoms with Crippen molar-refractivity contribution in [2.75, 3.05) is 25.0 Å². The highest BCUT2D eigenvalue weighted by atomic mass is 16.5. The van der Waals surface area contributed by atoms with E-state index in [1.54, 1.807) is 11.8 Å². The van der Waals surface area contributed by atoms with Crippen molar-refractivity contribution in [1.29, 1.82) is 0 Å². The number of amides is 3. The SMILES string of the molecule is CC(=O)N(CCc1noc(C2CCC2)n1)C1CCN(C(=O)Nc2ccc(C)c(C)c2)C1. The molecule has 2 aromatic rings. The Labute approximate surface area is 183 Å². The predicted octanol–water partition coefficient (Wildman–Crippen LogP) is 3.65. The maximum absolute atomic E-state index is 12.7. The molecule has 2 heterocycles. The van der Waals surface area contributed by atoms with Crippen molar-refractivity contribution < 1.29 is 14.1 Å². The first kappa shape index (κ1) is 21.3. The monoisotopic (exact) mass is 425 g/mol. The second kappa shape index (κ2) is 9.08. The standard InChI is InChI=1S/C23H31N5O3/c1-15-7-8-19(13-16(15)2)24-23(30)27-11-9-20(14-27)28(17(3)29)12-10-21-25-22(31-26-21)18-5-4-6-18/h7-8,13,18,20H,4-6,9-12,14H2,1-3H3,(H,24,30). The van der Waals surface area contributed by atoms with Crippen LogP contribution in [-0.4, -0.2) is 57.6 Å². The van der Waals surface area contributed by atoms with Crippen LogP contribution in [0.2, 0.25) is 0 Å². The number of aryl methyl sites for hydroxylation is 2. The van der Waals surface area contributed by atoms with Gasteiger partial charge in [0.25, 0.3) is 0 Å². The Morgan fingerprint density at radius 3 is 2.71 bits per heavy atom. The van der Waals surface area contributed by atoms with Crippen molar-refractivity contribution in [3.8, 4) is 0 Å². The van der Waals surface area contributed by atoms with Crippen molar-refractivity contribution in [1.82, 2.24) is 19.9 Å². The Morgan fingerprint density at radius 2 is 2.03 bits per heavy atom. The zero-order chi connectivity index (χ0) is 22.0. The number of likely N-dealkylation sites (tertiary alicyclic amines) is 1. The van der Waals surface area contributed by atoms with Crippen LogP contribution in [0.4, 0.5) is 10.5 Å².